The van der Waals surface area contributed by atoms with Crippen LogP contribution in [0.1, 0.15) is 19.3 Å². The second kappa shape index (κ2) is 9.22. The fraction of sp³-hybridized carbons (Fsp3) is 0.800. The van der Waals surface area contributed by atoms with Gasteiger partial charge >= 0.3 is 8.80 Å². The van der Waals surface area contributed by atoms with Crippen LogP contribution in [0.5, 0.6) is 0 Å². The summed E-state index contributed by atoms with van der Waals surface area (Å²) in [7, 11) is 2.59. The maximum atomic E-state index is 5.38. The average molecular weight is 341 g/mol. The van der Waals surface area contributed by atoms with E-state index in [4.69, 9.17) is 25.5 Å². The van der Waals surface area contributed by atoms with Gasteiger partial charge in [-0.1, -0.05) is 29.5 Å². The van der Waals surface area contributed by atoms with Gasteiger partial charge in [0.2, 0.25) is 0 Å². The topological polar surface area (TPSA) is 56.4 Å². The van der Waals surface area contributed by atoms with Crippen LogP contribution in [-0.2, 0) is 13.3 Å². The standard InChI is InChI=1S/C10H20N2O3S3Si/c1-13-19(14-2,15-3)8-6-4-5-7-17-10-12-11-9(16)18-10/h4-8H2,1-3H3,(H,11,16). The Morgan fingerprint density at radius 2 is 1.89 bits per heavy atom. The van der Waals surface area contributed by atoms with Crippen molar-refractivity contribution in [3.8, 4) is 0 Å². The molecule has 1 rings (SSSR count). The Bertz CT molecular complexity index is 400. The third-order valence-corrected chi connectivity index (χ3v) is 7.85. The number of thioether (sulfide) groups is 1. The molecule has 0 bridgehead atoms. The smallest absolute Gasteiger partial charge is 0.377 e. The van der Waals surface area contributed by atoms with Crippen molar-refractivity contribution in [2.75, 3.05) is 27.1 Å². The fourth-order valence-corrected chi connectivity index (χ4v) is 5.56. The lowest BCUT2D eigenvalue weighted by atomic mass is 10.3. The zero-order chi connectivity index (χ0) is 14.1. The van der Waals surface area contributed by atoms with E-state index in [2.05, 4.69) is 10.2 Å². The molecule has 1 heterocycles. The van der Waals surface area contributed by atoms with Gasteiger partial charge in [0.15, 0.2) is 8.29 Å². The SMILES string of the molecule is CO[Si](CCCCCSc1n[nH]c(=S)s1)(OC)OC. The molecule has 1 N–H and O–H groups in total. The van der Waals surface area contributed by atoms with Gasteiger partial charge in [0, 0.05) is 33.1 Å². The van der Waals surface area contributed by atoms with E-state index < -0.39 is 8.80 Å². The van der Waals surface area contributed by atoms with Crippen LogP contribution in [-0.4, -0.2) is 46.1 Å². The van der Waals surface area contributed by atoms with Crippen LogP contribution in [0.2, 0.25) is 6.04 Å². The minimum Gasteiger partial charge on any atom is -0.377 e. The van der Waals surface area contributed by atoms with Crippen LogP contribution in [0, 0.1) is 3.95 Å². The number of aromatic amines is 1. The Labute approximate surface area is 128 Å². The molecule has 0 aliphatic carbocycles. The van der Waals surface area contributed by atoms with Gasteiger partial charge in [-0.15, -0.1) is 0 Å². The predicted octanol–water partition coefficient (Wildman–Crippen LogP) is 3.34. The van der Waals surface area contributed by atoms with Gasteiger partial charge in [-0.2, -0.15) is 5.10 Å². The van der Waals surface area contributed by atoms with Gasteiger partial charge in [0.05, 0.1) is 0 Å². The van der Waals surface area contributed by atoms with Crippen LogP contribution in [0.25, 0.3) is 0 Å². The molecule has 9 heteroatoms. The van der Waals surface area contributed by atoms with Crippen molar-refractivity contribution in [1.82, 2.24) is 10.2 Å². The van der Waals surface area contributed by atoms with Crippen molar-refractivity contribution in [2.24, 2.45) is 0 Å². The zero-order valence-electron chi connectivity index (χ0n) is 11.4. The molecule has 1 aromatic rings. The summed E-state index contributed by atoms with van der Waals surface area (Å²) in [6.45, 7) is 0. The van der Waals surface area contributed by atoms with E-state index in [0.717, 1.165) is 39.4 Å². The first-order valence-corrected chi connectivity index (χ1v) is 10.1. The highest BCUT2D eigenvalue weighted by Crippen LogP contribution is 2.23. The molecule has 0 atom stereocenters. The Kier molecular flexibility index (Phi) is 8.38. The molecule has 1 aromatic heterocycles. The molecule has 0 radical (unpaired) electrons. The van der Waals surface area contributed by atoms with E-state index >= 15 is 0 Å². The molecule has 0 amide bonds. The van der Waals surface area contributed by atoms with Crippen LogP contribution in [0.15, 0.2) is 4.34 Å². The predicted molar refractivity (Wildman–Crippen MR) is 83.5 cm³/mol. The lowest BCUT2D eigenvalue weighted by molar-refractivity contribution is 0.123. The van der Waals surface area contributed by atoms with Crippen molar-refractivity contribution >= 4 is 44.1 Å². The molecule has 0 aromatic carbocycles. The van der Waals surface area contributed by atoms with E-state index in [1.165, 1.54) is 11.3 Å². The van der Waals surface area contributed by atoms with Crippen molar-refractivity contribution in [3.63, 3.8) is 0 Å². The van der Waals surface area contributed by atoms with Crippen molar-refractivity contribution < 1.29 is 13.3 Å². The maximum absolute atomic E-state index is 5.38. The number of rotatable bonds is 10. The maximum Gasteiger partial charge on any atom is 0.500 e. The first-order valence-electron chi connectivity index (χ1n) is 5.99. The van der Waals surface area contributed by atoms with Gasteiger partial charge < -0.3 is 13.3 Å². The van der Waals surface area contributed by atoms with Gasteiger partial charge in [-0.25, -0.2) is 0 Å². The van der Waals surface area contributed by atoms with Crippen molar-refractivity contribution in [3.05, 3.63) is 3.95 Å². The summed E-state index contributed by atoms with van der Waals surface area (Å²) in [6, 6.07) is 0.864. The number of unbranched alkanes of at least 4 members (excludes halogenated alkanes) is 2. The molecule has 5 nitrogen and oxygen atoms in total. The van der Waals surface area contributed by atoms with Crippen LogP contribution in [0.4, 0.5) is 0 Å². The quantitative estimate of drug-likeness (QED) is 0.305. The highest BCUT2D eigenvalue weighted by atomic mass is 32.2. The molecule has 0 fully saturated rings. The number of nitrogens with one attached hydrogen (secondary N) is 1. The van der Waals surface area contributed by atoms with Crippen LogP contribution >= 0.6 is 35.3 Å². The lowest BCUT2D eigenvalue weighted by Gasteiger charge is -2.24. The number of H-pyrrole nitrogens is 1. The minimum absolute atomic E-state index is 0.735. The number of hydrogen-bond donors (Lipinski definition) is 1. The monoisotopic (exact) mass is 340 g/mol. The van der Waals surface area contributed by atoms with Gasteiger partial charge in [-0.05, 0) is 25.1 Å². The minimum atomic E-state index is -2.37. The highest BCUT2D eigenvalue weighted by molar-refractivity contribution is 8.01. The Hall–Kier alpha value is 0.227. The number of nitrogens with zero attached hydrogens (tertiary/aromatic N) is 1. The number of hydrogen-bond acceptors (Lipinski definition) is 7. The number of aromatic nitrogens is 2. The average Bonchev–Trinajstić information content (AvgIpc) is 2.85. The summed E-state index contributed by atoms with van der Waals surface area (Å²) in [6.07, 6.45) is 3.32. The summed E-state index contributed by atoms with van der Waals surface area (Å²) in [4.78, 5) is 0. The molecule has 0 saturated carbocycles. The molecule has 0 spiro atoms. The van der Waals surface area contributed by atoms with E-state index in [0.29, 0.717) is 0 Å². The largest absolute Gasteiger partial charge is 0.500 e. The van der Waals surface area contributed by atoms with E-state index in [-0.39, 0.29) is 0 Å². The second-order valence-corrected chi connectivity index (χ2v) is 9.93. The Morgan fingerprint density at radius 3 is 2.42 bits per heavy atom. The molecule has 0 unspecified atom stereocenters. The van der Waals surface area contributed by atoms with E-state index in [1.54, 1.807) is 33.1 Å². The summed E-state index contributed by atoms with van der Waals surface area (Å²) >= 11 is 8.25. The normalized spacial score (nSPS) is 11.9. The lowest BCUT2D eigenvalue weighted by Crippen LogP contribution is -2.42. The molecular formula is C10H20N2O3S3Si. The second-order valence-electron chi connectivity index (χ2n) is 3.83. The van der Waals surface area contributed by atoms with Crippen LogP contribution < -0.4 is 0 Å². The van der Waals surface area contributed by atoms with E-state index in [1.807, 2.05) is 0 Å². The third-order valence-electron chi connectivity index (χ3n) is 2.70. The van der Waals surface area contributed by atoms with E-state index in [9.17, 15) is 0 Å². The first kappa shape index (κ1) is 17.3. The molecule has 0 aliphatic rings. The first-order chi connectivity index (χ1) is 9.15. The summed E-state index contributed by atoms with van der Waals surface area (Å²) < 4.78 is 17.9. The summed E-state index contributed by atoms with van der Waals surface area (Å²) in [5.41, 5.74) is 0. The zero-order valence-corrected chi connectivity index (χ0v) is 14.9. The third kappa shape index (κ3) is 6.02. The van der Waals surface area contributed by atoms with Crippen LogP contribution in [0.3, 0.4) is 0 Å². The fourth-order valence-electron chi connectivity index (χ4n) is 1.61. The van der Waals surface area contributed by atoms with Crippen molar-refractivity contribution in [2.45, 2.75) is 29.6 Å². The van der Waals surface area contributed by atoms with Gasteiger partial charge in [-0.3, -0.25) is 5.10 Å². The van der Waals surface area contributed by atoms with Crippen molar-refractivity contribution in [1.29, 1.82) is 0 Å². The molecule has 19 heavy (non-hydrogen) atoms. The van der Waals surface area contributed by atoms with Gasteiger partial charge in [0.25, 0.3) is 0 Å². The molecule has 0 aliphatic heterocycles. The molecule has 110 valence electrons. The molecule has 0 saturated heterocycles. The Morgan fingerprint density at radius 1 is 1.21 bits per heavy atom. The summed E-state index contributed by atoms with van der Waals surface area (Å²) in [5, 5.41) is 6.89. The highest BCUT2D eigenvalue weighted by Gasteiger charge is 2.36. The van der Waals surface area contributed by atoms with Gasteiger partial charge in [0.1, 0.15) is 0 Å². The summed E-state index contributed by atoms with van der Waals surface area (Å²) in [5.74, 6) is 1.05. The molecular weight excluding hydrogens is 320 g/mol. The Balaban J connectivity index is 2.12.